The number of amides is 1. The molecule has 1 aromatic rings. The van der Waals surface area contributed by atoms with Crippen molar-refractivity contribution < 1.29 is 9.18 Å². The second kappa shape index (κ2) is 7.97. The molecule has 4 rings (SSSR count). The van der Waals surface area contributed by atoms with Crippen molar-refractivity contribution in [3.8, 4) is 0 Å². The van der Waals surface area contributed by atoms with Gasteiger partial charge in [-0.25, -0.2) is 4.39 Å². The molecule has 30 heavy (non-hydrogen) atoms. The minimum absolute atomic E-state index is 0.00950. The largest absolute Gasteiger partial charge is 0.348 e. The Hall–Kier alpha value is -1.91. The monoisotopic (exact) mass is 413 g/mol. The molecule has 4 atom stereocenters. The number of fused-ring (bicyclic) bond motifs is 2. The molecule has 1 amide bonds. The number of unbranched alkanes of at least 4 members (excludes halogenated alkanes) is 2. The van der Waals surface area contributed by atoms with Gasteiger partial charge in [-0.15, -0.1) is 0 Å². The van der Waals surface area contributed by atoms with Gasteiger partial charge >= 0.3 is 0 Å². The van der Waals surface area contributed by atoms with E-state index in [4.69, 9.17) is 5.10 Å². The first-order chi connectivity index (χ1) is 14.3. The van der Waals surface area contributed by atoms with Crippen molar-refractivity contribution >= 4 is 11.6 Å². The molecular formula is C25H36FN3O. The van der Waals surface area contributed by atoms with Crippen LogP contribution in [0.3, 0.4) is 0 Å². The Morgan fingerprint density at radius 2 is 1.97 bits per heavy atom. The summed E-state index contributed by atoms with van der Waals surface area (Å²) in [6.45, 7) is 10.1. The lowest BCUT2D eigenvalue weighted by Crippen LogP contribution is -2.48. The highest BCUT2D eigenvalue weighted by Gasteiger charge is 2.61. The second-order valence-electron chi connectivity index (χ2n) is 10.3. The van der Waals surface area contributed by atoms with Crippen LogP contribution in [0.2, 0.25) is 0 Å². The number of hydrogen-bond donors (Lipinski definition) is 1. The fourth-order valence-corrected chi connectivity index (χ4v) is 6.06. The number of hydrazone groups is 1. The Balaban J connectivity index is 1.48. The number of nitrogens with one attached hydrogen (secondary N) is 1. The summed E-state index contributed by atoms with van der Waals surface area (Å²) in [5.74, 6) is 0.436. The Morgan fingerprint density at radius 3 is 2.57 bits per heavy atom. The summed E-state index contributed by atoms with van der Waals surface area (Å²) in [6.07, 6.45) is 7.44. The molecule has 1 aromatic carbocycles. The van der Waals surface area contributed by atoms with Crippen LogP contribution in [0.1, 0.15) is 84.2 Å². The van der Waals surface area contributed by atoms with Crippen molar-refractivity contribution in [1.29, 1.82) is 0 Å². The van der Waals surface area contributed by atoms with Crippen molar-refractivity contribution in [3.05, 3.63) is 35.6 Å². The SMILES string of the molecule is CCCCCN1N=C(C(=O)N[C@H]2C[C@@H]3CC[C@]2(C)C3(C)C)CC1c1ccc(F)cc1. The molecule has 2 bridgehead atoms. The van der Waals surface area contributed by atoms with Crippen molar-refractivity contribution in [2.24, 2.45) is 21.8 Å². The van der Waals surface area contributed by atoms with E-state index in [-0.39, 0.29) is 34.6 Å². The van der Waals surface area contributed by atoms with E-state index in [0.717, 1.165) is 37.8 Å². The van der Waals surface area contributed by atoms with E-state index in [1.807, 2.05) is 17.1 Å². The van der Waals surface area contributed by atoms with Crippen LogP contribution in [-0.4, -0.2) is 29.2 Å². The minimum Gasteiger partial charge on any atom is -0.348 e. The van der Waals surface area contributed by atoms with Crippen LogP contribution in [0.25, 0.3) is 0 Å². The predicted molar refractivity (Wildman–Crippen MR) is 119 cm³/mol. The van der Waals surface area contributed by atoms with Crippen molar-refractivity contribution in [1.82, 2.24) is 10.3 Å². The van der Waals surface area contributed by atoms with Crippen LogP contribution in [-0.2, 0) is 4.79 Å². The fourth-order valence-electron chi connectivity index (χ4n) is 6.06. The third-order valence-electron chi connectivity index (χ3n) is 8.60. The maximum Gasteiger partial charge on any atom is 0.267 e. The number of rotatable bonds is 7. The van der Waals surface area contributed by atoms with Gasteiger partial charge in [0.25, 0.3) is 5.91 Å². The Labute approximate surface area is 180 Å². The summed E-state index contributed by atoms with van der Waals surface area (Å²) in [7, 11) is 0. The zero-order chi connectivity index (χ0) is 21.5. The number of halogens is 1. The van der Waals surface area contributed by atoms with E-state index < -0.39 is 0 Å². The van der Waals surface area contributed by atoms with E-state index in [9.17, 15) is 9.18 Å². The molecule has 1 heterocycles. The lowest BCUT2D eigenvalue weighted by molar-refractivity contribution is -0.116. The molecule has 0 spiro atoms. The molecule has 2 aliphatic carbocycles. The van der Waals surface area contributed by atoms with Gasteiger partial charge in [-0.1, -0.05) is 52.7 Å². The molecule has 1 N–H and O–H groups in total. The third kappa shape index (κ3) is 3.54. The van der Waals surface area contributed by atoms with Gasteiger partial charge in [0, 0.05) is 19.0 Å². The van der Waals surface area contributed by atoms with Gasteiger partial charge < -0.3 is 5.32 Å². The van der Waals surface area contributed by atoms with Gasteiger partial charge in [0.05, 0.1) is 6.04 Å². The highest BCUT2D eigenvalue weighted by molar-refractivity contribution is 6.39. The molecule has 2 fully saturated rings. The molecule has 0 radical (unpaired) electrons. The minimum atomic E-state index is -0.236. The summed E-state index contributed by atoms with van der Waals surface area (Å²) in [4.78, 5) is 13.2. The standard InChI is InChI=1S/C25H36FN3O/c1-5-6-7-14-29-21(17-8-10-19(26)11-9-17)16-20(28-29)23(30)27-22-15-18-12-13-25(22,4)24(18,2)3/h8-11,18,21-22H,5-7,12-16H2,1-4H3,(H,27,30)/t18-,21?,22-,25-/m0/s1. The second-order valence-corrected chi connectivity index (χ2v) is 10.3. The van der Waals surface area contributed by atoms with Gasteiger partial charge in [0.2, 0.25) is 0 Å². The summed E-state index contributed by atoms with van der Waals surface area (Å²) in [6, 6.07) is 6.87. The van der Waals surface area contributed by atoms with Crippen molar-refractivity contribution in [2.45, 2.75) is 84.7 Å². The molecule has 0 aromatic heterocycles. The topological polar surface area (TPSA) is 44.7 Å². The van der Waals surface area contributed by atoms with Gasteiger partial charge in [-0.05, 0) is 60.1 Å². The zero-order valence-electron chi connectivity index (χ0n) is 18.9. The van der Waals surface area contributed by atoms with E-state index >= 15 is 0 Å². The Morgan fingerprint density at radius 1 is 1.23 bits per heavy atom. The maximum absolute atomic E-state index is 13.4. The van der Waals surface area contributed by atoms with Gasteiger partial charge in [-0.2, -0.15) is 5.10 Å². The van der Waals surface area contributed by atoms with Crippen LogP contribution in [0.4, 0.5) is 4.39 Å². The number of benzene rings is 1. The van der Waals surface area contributed by atoms with E-state index in [1.54, 1.807) is 0 Å². The van der Waals surface area contributed by atoms with Crippen molar-refractivity contribution in [2.75, 3.05) is 6.54 Å². The maximum atomic E-state index is 13.4. The number of hydrogen-bond acceptors (Lipinski definition) is 3. The molecule has 5 heteroatoms. The van der Waals surface area contributed by atoms with Crippen LogP contribution < -0.4 is 5.32 Å². The first-order valence-corrected chi connectivity index (χ1v) is 11.7. The molecule has 2 saturated carbocycles. The smallest absolute Gasteiger partial charge is 0.267 e. The van der Waals surface area contributed by atoms with Crippen molar-refractivity contribution in [3.63, 3.8) is 0 Å². The van der Waals surface area contributed by atoms with Gasteiger partial charge in [0.15, 0.2) is 0 Å². The average molecular weight is 414 g/mol. The van der Waals surface area contributed by atoms with Gasteiger partial charge in [0.1, 0.15) is 11.5 Å². The number of nitrogens with zero attached hydrogens (tertiary/aromatic N) is 2. The molecule has 0 saturated heterocycles. The van der Waals surface area contributed by atoms with E-state index in [2.05, 4.69) is 33.0 Å². The van der Waals surface area contributed by atoms with Crippen LogP contribution in [0.5, 0.6) is 0 Å². The number of carbonyl (C=O) groups is 1. The molecular weight excluding hydrogens is 377 g/mol. The lowest BCUT2D eigenvalue weighted by Gasteiger charge is -2.39. The highest BCUT2D eigenvalue weighted by atomic mass is 19.1. The summed E-state index contributed by atoms with van der Waals surface area (Å²) in [5.41, 5.74) is 2.06. The fraction of sp³-hybridized carbons (Fsp3) is 0.680. The molecule has 1 unspecified atom stereocenters. The van der Waals surface area contributed by atoms with E-state index in [0.29, 0.717) is 18.1 Å². The first-order valence-electron chi connectivity index (χ1n) is 11.7. The quantitative estimate of drug-likeness (QED) is 0.604. The first kappa shape index (κ1) is 21.3. The predicted octanol–water partition coefficient (Wildman–Crippen LogP) is 5.45. The highest BCUT2D eigenvalue weighted by Crippen LogP contribution is 2.65. The van der Waals surface area contributed by atoms with Gasteiger partial charge in [-0.3, -0.25) is 9.80 Å². The molecule has 4 nitrogen and oxygen atoms in total. The summed E-state index contributed by atoms with van der Waals surface area (Å²) in [5, 5.41) is 10.2. The van der Waals surface area contributed by atoms with Crippen LogP contribution in [0.15, 0.2) is 29.4 Å². The average Bonchev–Trinajstić information content (AvgIpc) is 3.29. The Kier molecular flexibility index (Phi) is 5.67. The van der Waals surface area contributed by atoms with E-state index in [1.165, 1.54) is 25.0 Å². The summed E-state index contributed by atoms with van der Waals surface area (Å²) >= 11 is 0. The molecule has 3 aliphatic rings. The number of carbonyl (C=O) groups excluding carboxylic acids is 1. The molecule has 164 valence electrons. The van der Waals surface area contributed by atoms with Crippen LogP contribution in [0, 0.1) is 22.6 Å². The zero-order valence-corrected chi connectivity index (χ0v) is 18.9. The normalized spacial score (nSPS) is 31.8. The summed E-state index contributed by atoms with van der Waals surface area (Å²) < 4.78 is 13.4. The Bertz CT molecular complexity index is 818. The third-order valence-corrected chi connectivity index (χ3v) is 8.60. The molecule has 1 aliphatic heterocycles. The lowest BCUT2D eigenvalue weighted by atomic mass is 9.69. The van der Waals surface area contributed by atoms with Crippen LogP contribution >= 0.6 is 0 Å².